The molecule has 2 N–H and O–H groups in total. The number of carboxylic acid groups (broad SMARTS) is 1. The first kappa shape index (κ1) is 19.2. The maximum absolute atomic E-state index is 11.2. The minimum Gasteiger partial charge on any atom is -0.544 e. The van der Waals surface area contributed by atoms with E-state index in [2.05, 4.69) is 39.2 Å². The Morgan fingerprint density at radius 1 is 1.22 bits per heavy atom. The van der Waals surface area contributed by atoms with Crippen LogP contribution in [0.4, 0.5) is 0 Å². The molecule has 1 aromatic rings. The molecule has 0 aliphatic heterocycles. The summed E-state index contributed by atoms with van der Waals surface area (Å²) in [4.78, 5) is 22.2. The quantitative estimate of drug-likeness (QED) is 0.782. The fourth-order valence-electron chi connectivity index (χ4n) is 1.82. The Bertz CT molecular complexity index is 561. The number of carbonyl (C=O) groups excluding carboxylic acids is 1. The minimum absolute atomic E-state index is 0.117. The van der Waals surface area contributed by atoms with Crippen molar-refractivity contribution in [2.45, 2.75) is 58.3 Å². The highest BCUT2D eigenvalue weighted by atomic mass is 28.4. The van der Waals surface area contributed by atoms with E-state index >= 15 is 0 Å². The first-order chi connectivity index (χ1) is 10.4. The van der Waals surface area contributed by atoms with Gasteiger partial charge < -0.3 is 14.8 Å². The molecule has 1 amide bonds. The van der Waals surface area contributed by atoms with Crippen LogP contribution in [0.1, 0.15) is 33.3 Å². The topological polar surface area (TPSA) is 75.6 Å². The van der Waals surface area contributed by atoms with Gasteiger partial charge in [-0.1, -0.05) is 32.9 Å². The lowest BCUT2D eigenvalue weighted by atomic mass is 10.1. The molecule has 0 fully saturated rings. The van der Waals surface area contributed by atoms with Gasteiger partial charge in [-0.3, -0.25) is 4.79 Å². The summed E-state index contributed by atoms with van der Waals surface area (Å²) in [5.74, 6) is -0.594. The summed E-state index contributed by atoms with van der Waals surface area (Å²) in [5.41, 5.74) is 0.841. The van der Waals surface area contributed by atoms with E-state index in [-0.39, 0.29) is 17.4 Å². The van der Waals surface area contributed by atoms with Crippen molar-refractivity contribution >= 4 is 20.2 Å². The van der Waals surface area contributed by atoms with Gasteiger partial charge in [0.2, 0.25) is 14.2 Å². The van der Waals surface area contributed by atoms with Gasteiger partial charge in [-0.25, -0.2) is 4.79 Å². The second-order valence-electron chi connectivity index (χ2n) is 7.30. The van der Waals surface area contributed by atoms with Crippen LogP contribution in [0.5, 0.6) is 5.75 Å². The molecule has 23 heavy (non-hydrogen) atoms. The third-order valence-electron chi connectivity index (χ3n) is 4.22. The number of benzene rings is 1. The third-order valence-corrected chi connectivity index (χ3v) is 8.58. The second kappa shape index (κ2) is 7.17. The molecule has 0 aromatic heterocycles. The van der Waals surface area contributed by atoms with Gasteiger partial charge >= 0.3 is 5.97 Å². The zero-order chi connectivity index (χ0) is 17.8. The Morgan fingerprint density at radius 3 is 2.13 bits per heavy atom. The molecule has 1 aromatic carbocycles. The van der Waals surface area contributed by atoms with E-state index in [9.17, 15) is 9.59 Å². The molecule has 0 bridgehead atoms. The van der Waals surface area contributed by atoms with Crippen molar-refractivity contribution in [3.63, 3.8) is 0 Å². The highest BCUT2D eigenvalue weighted by Crippen LogP contribution is 2.37. The van der Waals surface area contributed by atoms with Gasteiger partial charge in [0.1, 0.15) is 11.8 Å². The zero-order valence-corrected chi connectivity index (χ0v) is 15.8. The van der Waals surface area contributed by atoms with Gasteiger partial charge in [0.25, 0.3) is 0 Å². The third kappa shape index (κ3) is 5.71. The minimum atomic E-state index is -1.89. The summed E-state index contributed by atoms with van der Waals surface area (Å²) in [7, 11) is -1.89. The van der Waals surface area contributed by atoms with E-state index in [1.54, 1.807) is 0 Å². The molecule has 6 heteroatoms. The van der Waals surface area contributed by atoms with E-state index in [1.165, 1.54) is 6.92 Å². The van der Waals surface area contributed by atoms with Gasteiger partial charge in [-0.15, -0.1) is 0 Å². The smallest absolute Gasteiger partial charge is 0.326 e. The summed E-state index contributed by atoms with van der Waals surface area (Å²) in [6, 6.07) is 6.51. The molecule has 0 saturated heterocycles. The van der Waals surface area contributed by atoms with Crippen LogP contribution in [0.3, 0.4) is 0 Å². The lowest BCUT2D eigenvalue weighted by molar-refractivity contribution is -0.141. The van der Waals surface area contributed by atoms with Crippen molar-refractivity contribution in [1.82, 2.24) is 5.32 Å². The van der Waals surface area contributed by atoms with E-state index in [0.29, 0.717) is 0 Å². The molecule has 0 radical (unpaired) electrons. The number of carboxylic acids is 1. The fourth-order valence-corrected chi connectivity index (χ4v) is 2.85. The van der Waals surface area contributed by atoms with Crippen LogP contribution >= 0.6 is 0 Å². The number of nitrogens with one attached hydrogen (secondary N) is 1. The van der Waals surface area contributed by atoms with Crippen LogP contribution < -0.4 is 9.74 Å². The van der Waals surface area contributed by atoms with Crippen molar-refractivity contribution in [2.75, 3.05) is 0 Å². The number of hydrogen-bond acceptors (Lipinski definition) is 3. The summed E-state index contributed by atoms with van der Waals surface area (Å²) in [6.45, 7) is 12.2. The zero-order valence-electron chi connectivity index (χ0n) is 14.8. The van der Waals surface area contributed by atoms with Gasteiger partial charge in [0.05, 0.1) is 0 Å². The molecule has 0 aliphatic rings. The Kier molecular flexibility index (Phi) is 5.99. The predicted octanol–water partition coefficient (Wildman–Crippen LogP) is 3.20. The highest BCUT2D eigenvalue weighted by molar-refractivity contribution is 6.74. The molecule has 0 spiro atoms. The van der Waals surface area contributed by atoms with Crippen molar-refractivity contribution in [3.05, 3.63) is 29.8 Å². The molecule has 1 rings (SSSR count). The molecule has 1 atom stereocenters. The van der Waals surface area contributed by atoms with Crippen molar-refractivity contribution in [1.29, 1.82) is 0 Å². The molecule has 0 aliphatic carbocycles. The average Bonchev–Trinajstić information content (AvgIpc) is 2.37. The van der Waals surface area contributed by atoms with Crippen LogP contribution in [-0.4, -0.2) is 31.3 Å². The van der Waals surface area contributed by atoms with Crippen molar-refractivity contribution in [3.8, 4) is 5.75 Å². The largest absolute Gasteiger partial charge is 0.544 e. The standard InChI is InChI=1S/C17H27NO4Si/c1-12(19)18-15(16(20)21)11-13-7-9-14(10-8-13)22-23(5,6)17(2,3)4/h7-10,15H,11H2,1-6H3,(H,18,19)(H,20,21)/t15-/m0/s1. The van der Waals surface area contributed by atoms with Crippen LogP contribution in [0, 0.1) is 0 Å². The normalized spacial score (nSPS) is 13.3. The lowest BCUT2D eigenvalue weighted by Crippen LogP contribution is -2.43. The maximum atomic E-state index is 11.2. The van der Waals surface area contributed by atoms with E-state index < -0.39 is 20.3 Å². The average molecular weight is 337 g/mol. The predicted molar refractivity (Wildman–Crippen MR) is 93.2 cm³/mol. The first-order valence-electron chi connectivity index (χ1n) is 7.70. The molecular formula is C17H27NO4Si. The number of rotatable bonds is 6. The Morgan fingerprint density at radius 2 is 1.74 bits per heavy atom. The van der Waals surface area contributed by atoms with Gasteiger partial charge in [0.15, 0.2) is 0 Å². The monoisotopic (exact) mass is 337 g/mol. The number of hydrogen-bond donors (Lipinski definition) is 2. The highest BCUT2D eigenvalue weighted by Gasteiger charge is 2.38. The van der Waals surface area contributed by atoms with Crippen LogP contribution in [0.15, 0.2) is 24.3 Å². The second-order valence-corrected chi connectivity index (χ2v) is 12.0. The molecule has 0 heterocycles. The summed E-state index contributed by atoms with van der Waals surface area (Å²) >= 11 is 0. The molecule has 5 nitrogen and oxygen atoms in total. The van der Waals surface area contributed by atoms with E-state index in [1.807, 2.05) is 24.3 Å². The van der Waals surface area contributed by atoms with Crippen LogP contribution in [-0.2, 0) is 16.0 Å². The van der Waals surface area contributed by atoms with Crippen molar-refractivity contribution in [2.24, 2.45) is 0 Å². The summed E-state index contributed by atoms with van der Waals surface area (Å²) in [5, 5.41) is 11.7. The summed E-state index contributed by atoms with van der Waals surface area (Å²) < 4.78 is 6.19. The van der Waals surface area contributed by atoms with E-state index in [4.69, 9.17) is 9.53 Å². The Hall–Kier alpha value is -1.82. The maximum Gasteiger partial charge on any atom is 0.326 e. The van der Waals surface area contributed by atoms with Crippen LogP contribution in [0.2, 0.25) is 18.1 Å². The van der Waals surface area contributed by atoms with E-state index in [0.717, 1.165) is 11.3 Å². The fraction of sp³-hybridized carbons (Fsp3) is 0.529. The van der Waals surface area contributed by atoms with Gasteiger partial charge in [-0.05, 0) is 35.8 Å². The first-order valence-corrected chi connectivity index (χ1v) is 10.6. The van der Waals surface area contributed by atoms with Crippen LogP contribution in [0.25, 0.3) is 0 Å². The number of amides is 1. The van der Waals surface area contributed by atoms with Gasteiger partial charge in [0, 0.05) is 13.3 Å². The van der Waals surface area contributed by atoms with Gasteiger partial charge in [-0.2, -0.15) is 0 Å². The Labute approximate surface area is 139 Å². The number of aliphatic carboxylic acids is 1. The summed E-state index contributed by atoms with van der Waals surface area (Å²) in [6.07, 6.45) is 0.245. The SMILES string of the molecule is CC(=O)N[C@@H](Cc1ccc(O[Si](C)(C)C(C)(C)C)cc1)C(=O)O. The van der Waals surface area contributed by atoms with Crippen molar-refractivity contribution < 1.29 is 19.1 Å². The lowest BCUT2D eigenvalue weighted by Gasteiger charge is -2.36. The molecule has 0 unspecified atom stereocenters. The molecule has 128 valence electrons. The number of carbonyl (C=O) groups is 2. The molecule has 0 saturated carbocycles. The Balaban J connectivity index is 2.80. The molecular weight excluding hydrogens is 310 g/mol.